The number of carbonyl (C=O) groups excluding carboxylic acids is 1. The van der Waals surface area contributed by atoms with E-state index in [1.807, 2.05) is 4.90 Å². The van der Waals surface area contributed by atoms with Crippen molar-refractivity contribution in [3.05, 3.63) is 51.1 Å². The fraction of sp³-hybridized carbons (Fsp3) is 0.474. The second-order valence-electron chi connectivity index (χ2n) is 7.34. The van der Waals surface area contributed by atoms with Crippen molar-refractivity contribution in [2.24, 2.45) is 0 Å². The summed E-state index contributed by atoms with van der Waals surface area (Å²) in [7, 11) is 0. The monoisotopic (exact) mass is 413 g/mol. The Labute approximate surface area is 164 Å². The number of amides is 1. The van der Waals surface area contributed by atoms with Crippen LogP contribution >= 0.6 is 12.2 Å². The summed E-state index contributed by atoms with van der Waals surface area (Å²) in [5.74, 6) is -6.25. The van der Waals surface area contributed by atoms with Gasteiger partial charge in [0.05, 0.1) is 0 Å². The van der Waals surface area contributed by atoms with Crippen molar-refractivity contribution in [2.75, 3.05) is 13.1 Å². The summed E-state index contributed by atoms with van der Waals surface area (Å²) >= 11 is 5.28. The Kier molecular flexibility index (Phi) is 5.03. The molecule has 1 aromatic heterocycles. The van der Waals surface area contributed by atoms with E-state index in [0.717, 1.165) is 37.3 Å². The topological polar surface area (TPSA) is 41.0 Å². The van der Waals surface area contributed by atoms with E-state index in [2.05, 4.69) is 4.98 Å². The van der Waals surface area contributed by atoms with E-state index in [9.17, 15) is 22.4 Å². The Balaban J connectivity index is 1.55. The van der Waals surface area contributed by atoms with Crippen LogP contribution in [0.25, 0.3) is 0 Å². The van der Waals surface area contributed by atoms with Crippen LogP contribution in [0.4, 0.5) is 17.6 Å². The third-order valence-corrected chi connectivity index (χ3v) is 5.94. The number of aryl methyl sites for hydroxylation is 1. The molecule has 1 fully saturated rings. The van der Waals surface area contributed by atoms with Gasteiger partial charge in [0.15, 0.2) is 28.0 Å². The molecule has 2 aliphatic rings. The molecule has 1 atom stereocenters. The van der Waals surface area contributed by atoms with Gasteiger partial charge in [-0.25, -0.2) is 17.6 Å². The van der Waals surface area contributed by atoms with Gasteiger partial charge in [-0.3, -0.25) is 4.79 Å². The molecule has 28 heavy (non-hydrogen) atoms. The first-order chi connectivity index (χ1) is 13.4. The van der Waals surface area contributed by atoms with Crippen molar-refractivity contribution in [2.45, 2.75) is 44.6 Å². The van der Waals surface area contributed by atoms with Crippen LogP contribution in [0.2, 0.25) is 0 Å². The molecule has 0 bridgehead atoms. The molecule has 2 aliphatic heterocycles. The number of aromatic nitrogens is 2. The van der Waals surface area contributed by atoms with Gasteiger partial charge >= 0.3 is 0 Å². The quantitative estimate of drug-likeness (QED) is 0.468. The minimum Gasteiger partial charge on any atom is -0.343 e. The van der Waals surface area contributed by atoms with E-state index in [1.165, 1.54) is 0 Å². The van der Waals surface area contributed by atoms with Crippen LogP contribution < -0.4 is 0 Å². The first-order valence-corrected chi connectivity index (χ1v) is 9.69. The molecule has 2 aromatic rings. The number of halogens is 4. The smallest absolute Gasteiger partial charge is 0.222 e. The number of nitrogens with one attached hydrogen (secondary N) is 1. The highest BCUT2D eigenvalue weighted by Gasteiger charge is 2.33. The third kappa shape index (κ3) is 3.25. The van der Waals surface area contributed by atoms with Gasteiger partial charge in [-0.1, -0.05) is 0 Å². The van der Waals surface area contributed by atoms with Crippen LogP contribution in [-0.4, -0.2) is 33.4 Å². The molecule has 1 amide bonds. The Morgan fingerprint density at radius 3 is 2.43 bits per heavy atom. The molecule has 0 spiro atoms. The van der Waals surface area contributed by atoms with Crippen molar-refractivity contribution in [1.29, 1.82) is 0 Å². The van der Waals surface area contributed by atoms with Crippen molar-refractivity contribution in [1.82, 2.24) is 14.5 Å². The van der Waals surface area contributed by atoms with Gasteiger partial charge in [0.25, 0.3) is 0 Å². The summed E-state index contributed by atoms with van der Waals surface area (Å²) in [5, 5.41) is 0. The van der Waals surface area contributed by atoms with E-state index in [-0.39, 0.29) is 24.9 Å². The largest absolute Gasteiger partial charge is 0.343 e. The predicted octanol–water partition coefficient (Wildman–Crippen LogP) is 4.00. The van der Waals surface area contributed by atoms with Crippen LogP contribution in [0, 0.1) is 28.0 Å². The second-order valence-corrected chi connectivity index (χ2v) is 7.72. The molecule has 4 rings (SSSR count). The van der Waals surface area contributed by atoms with Gasteiger partial charge in [-0.05, 0) is 37.9 Å². The first-order valence-electron chi connectivity index (χ1n) is 9.28. The lowest BCUT2D eigenvalue weighted by Crippen LogP contribution is -2.27. The van der Waals surface area contributed by atoms with Crippen LogP contribution in [-0.2, 0) is 24.2 Å². The zero-order valence-electron chi connectivity index (χ0n) is 15.0. The number of likely N-dealkylation sites (tertiary alicyclic amines) is 1. The minimum atomic E-state index is -1.41. The lowest BCUT2D eigenvalue weighted by Gasteiger charge is -2.15. The zero-order chi connectivity index (χ0) is 20.0. The van der Waals surface area contributed by atoms with Gasteiger partial charge in [0, 0.05) is 55.0 Å². The maximum atomic E-state index is 14.2. The molecule has 0 saturated carbocycles. The van der Waals surface area contributed by atoms with E-state index in [4.69, 9.17) is 12.2 Å². The van der Waals surface area contributed by atoms with E-state index >= 15 is 0 Å². The highest BCUT2D eigenvalue weighted by atomic mass is 32.1. The van der Waals surface area contributed by atoms with Gasteiger partial charge in [-0.15, -0.1) is 0 Å². The number of hydrogen-bond donors (Lipinski definition) is 1. The molecule has 150 valence electrons. The SMILES string of the molecule is O=C(CCc1[nH]c(=S)n2c1CC(c1c(F)c(F)cc(F)c1F)C2)N1CCCC1. The van der Waals surface area contributed by atoms with Gasteiger partial charge in [-0.2, -0.15) is 0 Å². The third-order valence-electron chi connectivity index (χ3n) is 5.62. The summed E-state index contributed by atoms with van der Waals surface area (Å²) in [6.07, 6.45) is 2.95. The lowest BCUT2D eigenvalue weighted by molar-refractivity contribution is -0.130. The van der Waals surface area contributed by atoms with Crippen molar-refractivity contribution < 1.29 is 22.4 Å². The highest BCUT2D eigenvalue weighted by Crippen LogP contribution is 2.36. The Bertz CT molecular complexity index is 968. The Hall–Kier alpha value is -2.16. The minimum absolute atomic E-state index is 0.0654. The summed E-state index contributed by atoms with van der Waals surface area (Å²) < 4.78 is 57.6. The molecule has 1 aromatic carbocycles. The fourth-order valence-corrected chi connectivity index (χ4v) is 4.51. The molecule has 1 unspecified atom stereocenters. The summed E-state index contributed by atoms with van der Waals surface area (Å²) in [6.45, 7) is 1.67. The first kappa shape index (κ1) is 19.2. The standard InChI is InChI=1S/C19H19F4N3OS/c20-11-8-12(21)18(23)16(17(11)22)10-7-14-13(24-19(28)26(14)9-10)3-4-15(27)25-5-1-2-6-25/h8,10H,1-7,9H2,(H,24,28). The number of aromatic amines is 1. The van der Waals surface area contributed by atoms with Crippen LogP contribution in [0.1, 0.15) is 42.1 Å². The van der Waals surface area contributed by atoms with E-state index < -0.39 is 34.8 Å². The van der Waals surface area contributed by atoms with Gasteiger partial charge in [0.1, 0.15) is 0 Å². The zero-order valence-corrected chi connectivity index (χ0v) is 15.9. The van der Waals surface area contributed by atoms with Gasteiger partial charge < -0.3 is 14.5 Å². The second kappa shape index (κ2) is 7.35. The molecule has 1 N–H and O–H groups in total. The lowest BCUT2D eigenvalue weighted by atomic mass is 9.94. The maximum absolute atomic E-state index is 14.2. The average Bonchev–Trinajstić information content (AvgIpc) is 3.37. The molecule has 4 nitrogen and oxygen atoms in total. The molecule has 0 radical (unpaired) electrons. The number of fused-ring (bicyclic) bond motifs is 1. The summed E-state index contributed by atoms with van der Waals surface area (Å²) in [6, 6.07) is 0.213. The number of H-pyrrole nitrogens is 1. The number of imidazole rings is 1. The maximum Gasteiger partial charge on any atom is 0.222 e. The van der Waals surface area contributed by atoms with E-state index in [1.54, 1.807) is 4.57 Å². The number of rotatable bonds is 4. The molecule has 9 heteroatoms. The number of carbonyl (C=O) groups is 1. The normalized spacial score (nSPS) is 18.7. The fourth-order valence-electron chi connectivity index (χ4n) is 4.21. The van der Waals surface area contributed by atoms with Gasteiger partial charge in [0.2, 0.25) is 5.91 Å². The van der Waals surface area contributed by atoms with E-state index in [0.29, 0.717) is 17.6 Å². The number of nitrogens with zero attached hydrogens (tertiary/aromatic N) is 2. The van der Waals surface area contributed by atoms with Crippen LogP contribution in [0.3, 0.4) is 0 Å². The predicted molar refractivity (Wildman–Crippen MR) is 96.5 cm³/mol. The summed E-state index contributed by atoms with van der Waals surface area (Å²) in [4.78, 5) is 17.2. The van der Waals surface area contributed by atoms with Crippen molar-refractivity contribution in [3.63, 3.8) is 0 Å². The molecule has 0 aliphatic carbocycles. The highest BCUT2D eigenvalue weighted by molar-refractivity contribution is 7.71. The summed E-state index contributed by atoms with van der Waals surface area (Å²) in [5.41, 5.74) is 0.875. The van der Waals surface area contributed by atoms with Crippen LogP contribution in [0.5, 0.6) is 0 Å². The number of hydrogen-bond acceptors (Lipinski definition) is 2. The van der Waals surface area contributed by atoms with Crippen LogP contribution in [0.15, 0.2) is 6.07 Å². The average molecular weight is 413 g/mol. The molecule has 3 heterocycles. The van der Waals surface area contributed by atoms with Crippen molar-refractivity contribution in [3.8, 4) is 0 Å². The molecule has 1 saturated heterocycles. The molecular weight excluding hydrogens is 394 g/mol. The Morgan fingerprint density at radius 1 is 1.14 bits per heavy atom. The van der Waals surface area contributed by atoms with Crippen molar-refractivity contribution >= 4 is 18.1 Å². The molecular formula is C19H19F4N3OS. The number of benzene rings is 1. The Morgan fingerprint density at radius 2 is 1.79 bits per heavy atom.